The van der Waals surface area contributed by atoms with Crippen molar-refractivity contribution in [2.75, 3.05) is 29.2 Å². The minimum absolute atomic E-state index is 0.0777. The topological polar surface area (TPSA) is 122 Å². The third kappa shape index (κ3) is 4.26. The van der Waals surface area contributed by atoms with E-state index in [-0.39, 0.29) is 23.8 Å². The highest BCUT2D eigenvalue weighted by atomic mass is 35.5. The van der Waals surface area contributed by atoms with E-state index in [1.807, 2.05) is 19.1 Å². The number of halogens is 1. The number of rotatable bonds is 7. The second kappa shape index (κ2) is 9.53. The summed E-state index contributed by atoms with van der Waals surface area (Å²) in [6.45, 7) is 2.58. The Bertz CT molecular complexity index is 1160. The van der Waals surface area contributed by atoms with Gasteiger partial charge >= 0.3 is 0 Å². The van der Waals surface area contributed by atoms with Crippen LogP contribution < -0.4 is 26.0 Å². The summed E-state index contributed by atoms with van der Waals surface area (Å²) in [5.74, 6) is 1.85. The number of primary amides is 1. The number of ether oxygens (including phenoxy) is 1. The van der Waals surface area contributed by atoms with Gasteiger partial charge in [0.2, 0.25) is 17.8 Å². The van der Waals surface area contributed by atoms with Crippen LogP contribution in [0.3, 0.4) is 0 Å². The molecule has 5 rings (SSSR count). The average molecular weight is 499 g/mol. The van der Waals surface area contributed by atoms with Crippen LogP contribution in [0.15, 0.2) is 18.3 Å². The maximum absolute atomic E-state index is 12.5. The lowest BCUT2D eigenvalue weighted by atomic mass is 9.84. The molecule has 3 aliphatic rings. The van der Waals surface area contributed by atoms with E-state index in [2.05, 4.69) is 20.6 Å². The van der Waals surface area contributed by atoms with E-state index in [1.165, 1.54) is 0 Å². The van der Waals surface area contributed by atoms with Gasteiger partial charge in [-0.15, -0.1) is 0 Å². The summed E-state index contributed by atoms with van der Waals surface area (Å²) in [6, 6.07) is 3.74. The first-order chi connectivity index (χ1) is 16.9. The largest absolute Gasteiger partial charge is 0.494 e. The first kappa shape index (κ1) is 23.7. The zero-order valence-corrected chi connectivity index (χ0v) is 20.8. The number of nitrogens with two attached hydrogens (primary N) is 1. The number of methoxy groups -OCH3 is 1. The van der Waals surface area contributed by atoms with Crippen molar-refractivity contribution in [1.82, 2.24) is 9.97 Å². The van der Waals surface area contributed by atoms with Gasteiger partial charge in [-0.05, 0) is 63.0 Å². The molecule has 0 radical (unpaired) electrons. The van der Waals surface area contributed by atoms with Crippen LogP contribution in [0.2, 0.25) is 5.02 Å². The fourth-order valence-electron chi connectivity index (χ4n) is 6.19. The molecule has 0 saturated heterocycles. The molecule has 4 N–H and O–H groups in total. The molecule has 4 atom stereocenters. The smallest absolute Gasteiger partial charge is 0.229 e. The molecule has 2 amide bonds. The summed E-state index contributed by atoms with van der Waals surface area (Å²) < 4.78 is 5.79. The first-order valence-corrected chi connectivity index (χ1v) is 12.6. The van der Waals surface area contributed by atoms with Gasteiger partial charge in [-0.3, -0.25) is 9.59 Å². The molecular weight excluding hydrogens is 468 g/mol. The van der Waals surface area contributed by atoms with Gasteiger partial charge in [0.15, 0.2) is 5.82 Å². The molecule has 0 spiro atoms. The number of carbonyl (C=O) groups excluding carboxylic acids is 2. The number of nitrogens with zero attached hydrogens (tertiary/aromatic N) is 3. The zero-order chi connectivity index (χ0) is 24.7. The van der Waals surface area contributed by atoms with Crippen LogP contribution in [0.25, 0.3) is 0 Å². The van der Waals surface area contributed by atoms with Gasteiger partial charge in [-0.1, -0.05) is 11.6 Å². The van der Waals surface area contributed by atoms with E-state index >= 15 is 0 Å². The van der Waals surface area contributed by atoms with Gasteiger partial charge in [0.25, 0.3) is 0 Å². The number of anilines is 4. The Morgan fingerprint density at radius 2 is 2.09 bits per heavy atom. The molecule has 35 heavy (non-hydrogen) atoms. The normalized spacial score (nSPS) is 25.2. The van der Waals surface area contributed by atoms with Crippen molar-refractivity contribution in [1.29, 1.82) is 0 Å². The summed E-state index contributed by atoms with van der Waals surface area (Å²) in [5.41, 5.74) is 8.31. The third-order valence-corrected chi connectivity index (χ3v) is 7.98. The van der Waals surface area contributed by atoms with E-state index in [0.717, 1.165) is 43.4 Å². The van der Waals surface area contributed by atoms with Crippen molar-refractivity contribution in [3.63, 3.8) is 0 Å². The SMILES string of the molecule is CCN1C(=O)CCCc2c1ccc(Nc1ncc(Cl)c(NC3C4CCC(C4)C3C(N)=O)n1)c2OC. The van der Waals surface area contributed by atoms with Gasteiger partial charge in [-0.25, -0.2) is 4.98 Å². The van der Waals surface area contributed by atoms with Gasteiger partial charge in [0.1, 0.15) is 10.8 Å². The molecule has 9 nitrogen and oxygen atoms in total. The molecule has 2 saturated carbocycles. The average Bonchev–Trinajstić information content (AvgIpc) is 3.40. The molecule has 2 aromatic rings. The van der Waals surface area contributed by atoms with E-state index in [9.17, 15) is 9.59 Å². The van der Waals surface area contributed by atoms with Crippen molar-refractivity contribution in [3.05, 3.63) is 28.9 Å². The van der Waals surface area contributed by atoms with Gasteiger partial charge in [0, 0.05) is 24.6 Å². The molecule has 2 heterocycles. The highest BCUT2D eigenvalue weighted by Gasteiger charge is 2.50. The number of nitrogens with one attached hydrogen (secondary N) is 2. The lowest BCUT2D eigenvalue weighted by molar-refractivity contribution is -0.123. The van der Waals surface area contributed by atoms with Crippen molar-refractivity contribution >= 4 is 46.6 Å². The van der Waals surface area contributed by atoms with E-state index in [0.29, 0.717) is 53.0 Å². The van der Waals surface area contributed by atoms with Gasteiger partial charge in [0.05, 0.1) is 30.6 Å². The van der Waals surface area contributed by atoms with Crippen molar-refractivity contribution in [2.24, 2.45) is 23.5 Å². The van der Waals surface area contributed by atoms with Crippen LogP contribution >= 0.6 is 11.6 Å². The summed E-state index contributed by atoms with van der Waals surface area (Å²) in [7, 11) is 1.62. The minimum Gasteiger partial charge on any atom is -0.494 e. The molecule has 2 bridgehead atoms. The zero-order valence-electron chi connectivity index (χ0n) is 20.0. The summed E-state index contributed by atoms with van der Waals surface area (Å²) in [4.78, 5) is 35.4. The third-order valence-electron chi connectivity index (χ3n) is 7.70. The molecule has 4 unspecified atom stereocenters. The molecule has 1 aromatic heterocycles. The second-order valence-electron chi connectivity index (χ2n) is 9.58. The predicted molar refractivity (Wildman–Crippen MR) is 135 cm³/mol. The Balaban J connectivity index is 1.42. The highest BCUT2D eigenvalue weighted by Crippen LogP contribution is 2.49. The van der Waals surface area contributed by atoms with E-state index in [4.69, 9.17) is 22.1 Å². The Hall–Kier alpha value is -3.07. The van der Waals surface area contributed by atoms with Crippen molar-refractivity contribution < 1.29 is 14.3 Å². The predicted octanol–water partition coefficient (Wildman–Crippen LogP) is 3.88. The molecule has 186 valence electrons. The number of benzene rings is 1. The van der Waals surface area contributed by atoms with Crippen LogP contribution in [-0.4, -0.2) is 41.5 Å². The number of carbonyl (C=O) groups is 2. The summed E-state index contributed by atoms with van der Waals surface area (Å²) in [6.07, 6.45) is 6.67. The fourth-order valence-corrected chi connectivity index (χ4v) is 6.34. The molecule has 10 heteroatoms. The Morgan fingerprint density at radius 1 is 1.29 bits per heavy atom. The molecule has 2 aliphatic carbocycles. The first-order valence-electron chi connectivity index (χ1n) is 12.3. The standard InChI is InChI=1S/C25H31ClN6O3/c1-3-32-18-10-9-17(22(35-2)15(18)5-4-6-19(32)33)29-25-28-12-16(26)24(31-25)30-21-14-8-7-13(11-14)20(21)23(27)34/h9-10,12-14,20-21H,3-8,11H2,1-2H3,(H2,27,34)(H2,28,29,30,31). The molecular formula is C25H31ClN6O3. The Morgan fingerprint density at radius 3 is 2.83 bits per heavy atom. The number of fused-ring (bicyclic) bond motifs is 3. The van der Waals surface area contributed by atoms with E-state index in [1.54, 1.807) is 18.2 Å². The maximum atomic E-state index is 12.5. The molecule has 1 aliphatic heterocycles. The number of hydrogen-bond acceptors (Lipinski definition) is 7. The number of hydrogen-bond donors (Lipinski definition) is 3. The van der Waals surface area contributed by atoms with Crippen LogP contribution in [0.4, 0.5) is 23.1 Å². The van der Waals surface area contributed by atoms with Crippen LogP contribution in [0.5, 0.6) is 5.75 Å². The lowest BCUT2D eigenvalue weighted by Gasteiger charge is -2.30. The molecule has 2 fully saturated rings. The van der Waals surface area contributed by atoms with Crippen molar-refractivity contribution in [3.8, 4) is 5.75 Å². The van der Waals surface area contributed by atoms with Gasteiger partial charge < -0.3 is 26.0 Å². The van der Waals surface area contributed by atoms with Crippen LogP contribution in [0, 0.1) is 17.8 Å². The fraction of sp³-hybridized carbons (Fsp3) is 0.520. The summed E-state index contributed by atoms with van der Waals surface area (Å²) in [5, 5.41) is 7.04. The monoisotopic (exact) mass is 498 g/mol. The van der Waals surface area contributed by atoms with Crippen LogP contribution in [-0.2, 0) is 16.0 Å². The molecule has 1 aromatic carbocycles. The number of aromatic nitrogens is 2. The minimum atomic E-state index is -0.271. The number of amides is 2. The Labute approximate surface area is 209 Å². The Kier molecular flexibility index (Phi) is 6.44. The maximum Gasteiger partial charge on any atom is 0.229 e. The highest BCUT2D eigenvalue weighted by molar-refractivity contribution is 6.32. The lowest BCUT2D eigenvalue weighted by Crippen LogP contribution is -2.42. The van der Waals surface area contributed by atoms with Crippen LogP contribution in [0.1, 0.15) is 44.6 Å². The summed E-state index contributed by atoms with van der Waals surface area (Å²) >= 11 is 6.43. The van der Waals surface area contributed by atoms with Crippen molar-refractivity contribution in [2.45, 2.75) is 51.5 Å². The second-order valence-corrected chi connectivity index (χ2v) is 9.99. The quantitative estimate of drug-likeness (QED) is 0.529. The van der Waals surface area contributed by atoms with Gasteiger partial charge in [-0.2, -0.15) is 4.98 Å². The van der Waals surface area contributed by atoms with E-state index < -0.39 is 0 Å².